The molecular formula is C9H8F2N2O. The average molecular weight is 198 g/mol. The van der Waals surface area contributed by atoms with Gasteiger partial charge in [-0.2, -0.15) is 5.26 Å². The summed E-state index contributed by atoms with van der Waals surface area (Å²) in [4.78, 5) is 3.70. The summed E-state index contributed by atoms with van der Waals surface area (Å²) in [6.07, 6.45) is -1.67. The molecule has 3 nitrogen and oxygen atoms in total. The van der Waals surface area contributed by atoms with E-state index in [1.165, 1.54) is 6.92 Å². The Balaban J connectivity index is 3.41. The third kappa shape index (κ3) is 1.70. The van der Waals surface area contributed by atoms with Crippen molar-refractivity contribution in [3.8, 4) is 6.07 Å². The molecule has 5 heteroatoms. The Morgan fingerprint density at radius 1 is 1.64 bits per heavy atom. The van der Waals surface area contributed by atoms with Crippen LogP contribution in [0.15, 0.2) is 6.20 Å². The summed E-state index contributed by atoms with van der Waals surface area (Å²) >= 11 is 0. The molecule has 0 aromatic carbocycles. The van der Waals surface area contributed by atoms with E-state index in [2.05, 4.69) is 4.98 Å². The Bertz CT molecular complexity index is 385. The van der Waals surface area contributed by atoms with Crippen LogP contribution in [0.4, 0.5) is 8.78 Å². The molecule has 0 amide bonds. The first-order chi connectivity index (χ1) is 6.61. The van der Waals surface area contributed by atoms with E-state index in [0.717, 1.165) is 6.20 Å². The van der Waals surface area contributed by atoms with Gasteiger partial charge in [-0.3, -0.25) is 4.98 Å². The maximum atomic E-state index is 12.5. The lowest BCUT2D eigenvalue weighted by atomic mass is 10.0. The fourth-order valence-corrected chi connectivity index (χ4v) is 1.20. The summed E-state index contributed by atoms with van der Waals surface area (Å²) in [7, 11) is 0. The summed E-state index contributed by atoms with van der Waals surface area (Å²) in [5.41, 5.74) is -0.123. The fourth-order valence-electron chi connectivity index (χ4n) is 1.20. The highest BCUT2D eigenvalue weighted by Gasteiger charge is 2.18. The molecule has 0 aliphatic heterocycles. The fraction of sp³-hybridized carbons (Fsp3) is 0.333. The van der Waals surface area contributed by atoms with Gasteiger partial charge < -0.3 is 5.11 Å². The van der Waals surface area contributed by atoms with Crippen molar-refractivity contribution in [3.05, 3.63) is 28.6 Å². The second kappa shape index (κ2) is 4.11. The number of rotatable bonds is 2. The minimum atomic E-state index is -2.72. The number of pyridine rings is 1. The first-order valence-corrected chi connectivity index (χ1v) is 3.89. The van der Waals surface area contributed by atoms with Crippen molar-refractivity contribution in [2.24, 2.45) is 0 Å². The normalized spacial score (nSPS) is 10.3. The first-order valence-electron chi connectivity index (χ1n) is 3.89. The molecule has 0 fully saturated rings. The van der Waals surface area contributed by atoms with Crippen LogP contribution in [0.5, 0.6) is 0 Å². The number of hydrogen-bond donors (Lipinski definition) is 1. The third-order valence-electron chi connectivity index (χ3n) is 1.96. The molecule has 1 heterocycles. The van der Waals surface area contributed by atoms with Gasteiger partial charge in [0.2, 0.25) is 0 Å². The third-order valence-corrected chi connectivity index (χ3v) is 1.96. The van der Waals surface area contributed by atoms with E-state index in [1.54, 1.807) is 6.07 Å². The van der Waals surface area contributed by atoms with Crippen molar-refractivity contribution in [2.75, 3.05) is 0 Å². The van der Waals surface area contributed by atoms with Crippen LogP contribution in [0, 0.1) is 18.3 Å². The van der Waals surface area contributed by atoms with Crippen molar-refractivity contribution in [3.63, 3.8) is 0 Å². The van der Waals surface area contributed by atoms with Gasteiger partial charge in [-0.1, -0.05) is 0 Å². The Kier molecular flexibility index (Phi) is 3.10. The second-order valence-electron chi connectivity index (χ2n) is 2.73. The molecule has 0 aliphatic rings. The maximum absolute atomic E-state index is 12.5. The highest BCUT2D eigenvalue weighted by molar-refractivity contribution is 5.43. The maximum Gasteiger partial charge on any atom is 0.265 e. The molecule has 0 spiro atoms. The van der Waals surface area contributed by atoms with Gasteiger partial charge in [0.1, 0.15) is 6.07 Å². The number of halogens is 2. The molecule has 0 radical (unpaired) electrons. The molecule has 1 aromatic heterocycles. The number of aliphatic hydroxyl groups excluding tert-OH is 1. The number of alkyl halides is 2. The van der Waals surface area contributed by atoms with Gasteiger partial charge in [0, 0.05) is 11.8 Å². The van der Waals surface area contributed by atoms with Gasteiger partial charge in [0.25, 0.3) is 6.43 Å². The Labute approximate surface area is 79.6 Å². The first kappa shape index (κ1) is 10.5. The standard InChI is InChI=1S/C9H8F2N2O/c1-5-7(4-14)13-3-6(2-12)8(5)9(10)11/h3,9,14H,4H2,1H3. The predicted octanol–water partition coefficient (Wildman–Crippen LogP) is 1.69. The summed E-state index contributed by atoms with van der Waals surface area (Å²) in [5.74, 6) is 0. The molecule has 0 atom stereocenters. The lowest BCUT2D eigenvalue weighted by molar-refractivity contribution is 0.149. The zero-order valence-electron chi connectivity index (χ0n) is 7.46. The zero-order valence-corrected chi connectivity index (χ0v) is 7.46. The highest BCUT2D eigenvalue weighted by atomic mass is 19.3. The van der Waals surface area contributed by atoms with Crippen molar-refractivity contribution in [1.82, 2.24) is 4.98 Å². The quantitative estimate of drug-likeness (QED) is 0.786. The number of nitrogens with zero attached hydrogens (tertiary/aromatic N) is 2. The zero-order chi connectivity index (χ0) is 10.7. The van der Waals surface area contributed by atoms with Crippen LogP contribution >= 0.6 is 0 Å². The SMILES string of the molecule is Cc1c(CO)ncc(C#N)c1C(F)F. The molecule has 1 N–H and O–H groups in total. The molecule has 0 bridgehead atoms. The minimum absolute atomic E-state index is 0.144. The van der Waals surface area contributed by atoms with E-state index in [9.17, 15) is 8.78 Å². The average Bonchev–Trinajstić information content (AvgIpc) is 2.16. The monoisotopic (exact) mass is 198 g/mol. The summed E-state index contributed by atoms with van der Waals surface area (Å²) in [6.45, 7) is 1.01. The van der Waals surface area contributed by atoms with E-state index >= 15 is 0 Å². The molecular weight excluding hydrogens is 190 g/mol. The van der Waals surface area contributed by atoms with Gasteiger partial charge in [-0.25, -0.2) is 8.78 Å². The molecule has 74 valence electrons. The van der Waals surface area contributed by atoms with Crippen LogP contribution in [0.3, 0.4) is 0 Å². The summed E-state index contributed by atoms with van der Waals surface area (Å²) in [5, 5.41) is 17.4. The Morgan fingerprint density at radius 2 is 2.29 bits per heavy atom. The number of hydrogen-bond acceptors (Lipinski definition) is 3. The van der Waals surface area contributed by atoms with Crippen molar-refractivity contribution < 1.29 is 13.9 Å². The van der Waals surface area contributed by atoms with E-state index < -0.39 is 13.0 Å². The molecule has 0 unspecified atom stereocenters. The van der Waals surface area contributed by atoms with Crippen LogP contribution in [-0.2, 0) is 6.61 Å². The second-order valence-corrected chi connectivity index (χ2v) is 2.73. The lowest BCUT2D eigenvalue weighted by Crippen LogP contribution is -2.02. The topological polar surface area (TPSA) is 56.9 Å². The van der Waals surface area contributed by atoms with Crippen LogP contribution < -0.4 is 0 Å². The van der Waals surface area contributed by atoms with Crippen LogP contribution in [-0.4, -0.2) is 10.1 Å². The molecule has 0 saturated heterocycles. The van der Waals surface area contributed by atoms with Crippen LogP contribution in [0.1, 0.15) is 28.8 Å². The van der Waals surface area contributed by atoms with Gasteiger partial charge in [0.05, 0.1) is 17.9 Å². The highest BCUT2D eigenvalue weighted by Crippen LogP contribution is 2.27. The predicted molar refractivity (Wildman–Crippen MR) is 44.6 cm³/mol. The molecule has 1 aromatic rings. The molecule has 1 rings (SSSR count). The van der Waals surface area contributed by atoms with Gasteiger partial charge in [-0.15, -0.1) is 0 Å². The summed E-state index contributed by atoms with van der Waals surface area (Å²) in [6, 6.07) is 1.64. The number of nitriles is 1. The molecule has 0 aliphatic carbocycles. The van der Waals surface area contributed by atoms with Gasteiger partial charge >= 0.3 is 0 Å². The van der Waals surface area contributed by atoms with Gasteiger partial charge in [-0.05, 0) is 12.5 Å². The minimum Gasteiger partial charge on any atom is -0.390 e. The summed E-state index contributed by atoms with van der Waals surface area (Å²) < 4.78 is 25.1. The van der Waals surface area contributed by atoms with Crippen LogP contribution in [0.2, 0.25) is 0 Å². The Morgan fingerprint density at radius 3 is 2.71 bits per heavy atom. The van der Waals surface area contributed by atoms with Crippen molar-refractivity contribution in [1.29, 1.82) is 5.26 Å². The van der Waals surface area contributed by atoms with Crippen molar-refractivity contribution in [2.45, 2.75) is 20.0 Å². The van der Waals surface area contributed by atoms with E-state index in [1.807, 2.05) is 0 Å². The van der Waals surface area contributed by atoms with Crippen LogP contribution in [0.25, 0.3) is 0 Å². The van der Waals surface area contributed by atoms with E-state index in [0.29, 0.717) is 0 Å². The van der Waals surface area contributed by atoms with E-state index in [-0.39, 0.29) is 22.4 Å². The van der Waals surface area contributed by atoms with Gasteiger partial charge in [0.15, 0.2) is 0 Å². The van der Waals surface area contributed by atoms with E-state index in [4.69, 9.17) is 10.4 Å². The Hall–Kier alpha value is -1.54. The number of aromatic nitrogens is 1. The van der Waals surface area contributed by atoms with Crippen molar-refractivity contribution >= 4 is 0 Å². The lowest BCUT2D eigenvalue weighted by Gasteiger charge is -2.09. The molecule has 0 saturated carbocycles. The number of aliphatic hydroxyl groups is 1. The molecule has 14 heavy (non-hydrogen) atoms. The largest absolute Gasteiger partial charge is 0.390 e. The smallest absolute Gasteiger partial charge is 0.265 e.